The zero-order valence-corrected chi connectivity index (χ0v) is 14.6. The Hall–Kier alpha value is -0.0800. The van der Waals surface area contributed by atoms with Gasteiger partial charge < -0.3 is 5.32 Å². The molecule has 19 heavy (non-hydrogen) atoms. The molecule has 2 nitrogen and oxygen atoms in total. The Morgan fingerprint density at radius 1 is 1.00 bits per heavy atom. The number of nitrogens with zero attached hydrogens (tertiary/aromatic N) is 1. The van der Waals surface area contributed by atoms with Gasteiger partial charge in [0.05, 0.1) is 0 Å². The van der Waals surface area contributed by atoms with E-state index in [9.17, 15) is 0 Å². The Labute approximate surface area is 122 Å². The van der Waals surface area contributed by atoms with E-state index >= 15 is 0 Å². The molecule has 0 saturated carbocycles. The lowest BCUT2D eigenvalue weighted by Crippen LogP contribution is -2.50. The van der Waals surface area contributed by atoms with Crippen molar-refractivity contribution >= 4 is 0 Å². The first-order valence-corrected chi connectivity index (χ1v) is 8.32. The molecule has 0 radical (unpaired) electrons. The molecule has 0 aromatic heterocycles. The van der Waals surface area contributed by atoms with E-state index in [4.69, 9.17) is 0 Å². The average Bonchev–Trinajstić information content (AvgIpc) is 2.29. The maximum Gasteiger partial charge on any atom is 0.0223 e. The van der Waals surface area contributed by atoms with Crippen molar-refractivity contribution in [2.24, 2.45) is 0 Å². The molecule has 116 valence electrons. The summed E-state index contributed by atoms with van der Waals surface area (Å²) < 4.78 is 0. The highest BCUT2D eigenvalue weighted by Gasteiger charge is 2.21. The Morgan fingerprint density at radius 2 is 1.63 bits per heavy atom. The molecule has 1 atom stereocenters. The lowest BCUT2D eigenvalue weighted by molar-refractivity contribution is 0.132. The van der Waals surface area contributed by atoms with Crippen LogP contribution in [0.25, 0.3) is 0 Å². The fourth-order valence-electron chi connectivity index (χ4n) is 2.55. The van der Waals surface area contributed by atoms with E-state index in [0.717, 1.165) is 6.54 Å². The van der Waals surface area contributed by atoms with Crippen molar-refractivity contribution in [2.75, 3.05) is 13.1 Å². The van der Waals surface area contributed by atoms with Crippen LogP contribution < -0.4 is 5.32 Å². The van der Waals surface area contributed by atoms with Crippen LogP contribution in [0.15, 0.2) is 0 Å². The zero-order chi connectivity index (χ0) is 14.9. The van der Waals surface area contributed by atoms with Crippen molar-refractivity contribution in [3.63, 3.8) is 0 Å². The van der Waals surface area contributed by atoms with Crippen LogP contribution in [0.4, 0.5) is 0 Å². The number of rotatable bonds is 10. The molecule has 0 aromatic carbocycles. The summed E-state index contributed by atoms with van der Waals surface area (Å²) in [7, 11) is 0. The second-order valence-corrected chi connectivity index (χ2v) is 7.11. The number of hydrogen-bond acceptors (Lipinski definition) is 2. The summed E-state index contributed by atoms with van der Waals surface area (Å²) in [6.45, 7) is 18.4. The molecule has 0 aliphatic heterocycles. The minimum Gasteiger partial charge on any atom is -0.311 e. The Morgan fingerprint density at radius 3 is 2.05 bits per heavy atom. The van der Waals surface area contributed by atoms with Crippen LogP contribution in [-0.4, -0.2) is 35.6 Å². The van der Waals surface area contributed by atoms with Crippen molar-refractivity contribution in [1.29, 1.82) is 0 Å². The van der Waals surface area contributed by atoms with Gasteiger partial charge in [-0.25, -0.2) is 0 Å². The summed E-state index contributed by atoms with van der Waals surface area (Å²) in [5.41, 5.74) is 0.220. The van der Waals surface area contributed by atoms with Crippen molar-refractivity contribution in [2.45, 2.75) is 98.2 Å². The minimum atomic E-state index is 0.220. The van der Waals surface area contributed by atoms with Crippen molar-refractivity contribution in [1.82, 2.24) is 10.2 Å². The summed E-state index contributed by atoms with van der Waals surface area (Å²) >= 11 is 0. The van der Waals surface area contributed by atoms with E-state index < -0.39 is 0 Å². The minimum absolute atomic E-state index is 0.220. The first kappa shape index (κ1) is 18.9. The van der Waals surface area contributed by atoms with Gasteiger partial charge in [-0.15, -0.1) is 0 Å². The topological polar surface area (TPSA) is 15.3 Å². The summed E-state index contributed by atoms with van der Waals surface area (Å²) in [5, 5.41) is 3.69. The Balaban J connectivity index is 4.47. The predicted octanol–water partition coefficient (Wildman–Crippen LogP) is 4.44. The first-order valence-electron chi connectivity index (χ1n) is 8.32. The van der Waals surface area contributed by atoms with Gasteiger partial charge in [0.2, 0.25) is 0 Å². The second kappa shape index (κ2) is 9.77. The number of nitrogens with one attached hydrogen (secondary N) is 1. The Bertz CT molecular complexity index is 206. The van der Waals surface area contributed by atoms with Gasteiger partial charge >= 0.3 is 0 Å². The largest absolute Gasteiger partial charge is 0.311 e. The molecule has 0 heterocycles. The van der Waals surface area contributed by atoms with Gasteiger partial charge in [0.1, 0.15) is 0 Å². The second-order valence-electron chi connectivity index (χ2n) is 7.11. The summed E-state index contributed by atoms with van der Waals surface area (Å²) in [6, 6.07) is 1.33. The van der Waals surface area contributed by atoms with Gasteiger partial charge in [-0.1, -0.05) is 33.1 Å². The highest BCUT2D eigenvalue weighted by Crippen LogP contribution is 2.14. The summed E-state index contributed by atoms with van der Waals surface area (Å²) in [5.74, 6) is 0. The summed E-state index contributed by atoms with van der Waals surface area (Å²) in [4.78, 5) is 2.71. The quantitative estimate of drug-likeness (QED) is 0.590. The maximum atomic E-state index is 3.69. The highest BCUT2D eigenvalue weighted by atomic mass is 15.2. The third-order valence-electron chi connectivity index (χ3n) is 3.64. The molecule has 1 N–H and O–H groups in total. The fraction of sp³-hybridized carbons (Fsp3) is 1.00. The van der Waals surface area contributed by atoms with Crippen LogP contribution in [0.3, 0.4) is 0 Å². The van der Waals surface area contributed by atoms with Crippen LogP contribution in [0.5, 0.6) is 0 Å². The molecule has 0 aliphatic rings. The van der Waals surface area contributed by atoms with Gasteiger partial charge in [-0.05, 0) is 54.0 Å². The molecular formula is C17H38N2. The SMILES string of the molecule is CCCCCN(C(C)C)C(CCC)CNC(C)(C)C. The molecule has 0 rings (SSSR count). The van der Waals surface area contributed by atoms with E-state index in [-0.39, 0.29) is 5.54 Å². The van der Waals surface area contributed by atoms with Crippen LogP contribution in [0.1, 0.15) is 80.6 Å². The Kier molecular flexibility index (Phi) is 9.72. The summed E-state index contributed by atoms with van der Waals surface area (Å²) in [6.07, 6.45) is 6.57. The van der Waals surface area contributed by atoms with E-state index in [1.165, 1.54) is 38.6 Å². The normalized spacial score (nSPS) is 14.4. The maximum absolute atomic E-state index is 3.69. The van der Waals surface area contributed by atoms with Crippen LogP contribution in [-0.2, 0) is 0 Å². The van der Waals surface area contributed by atoms with Gasteiger partial charge in [-0.2, -0.15) is 0 Å². The van der Waals surface area contributed by atoms with Crippen LogP contribution in [0.2, 0.25) is 0 Å². The van der Waals surface area contributed by atoms with Crippen LogP contribution >= 0.6 is 0 Å². The molecule has 2 heteroatoms. The average molecular weight is 271 g/mol. The molecule has 0 bridgehead atoms. The van der Waals surface area contributed by atoms with Gasteiger partial charge in [0.15, 0.2) is 0 Å². The van der Waals surface area contributed by atoms with Gasteiger partial charge in [-0.3, -0.25) is 4.90 Å². The molecule has 0 aliphatic carbocycles. The monoisotopic (exact) mass is 270 g/mol. The van der Waals surface area contributed by atoms with Crippen molar-refractivity contribution in [3.8, 4) is 0 Å². The molecule has 0 fully saturated rings. The van der Waals surface area contributed by atoms with E-state index in [0.29, 0.717) is 12.1 Å². The van der Waals surface area contributed by atoms with Gasteiger partial charge in [0, 0.05) is 24.2 Å². The van der Waals surface area contributed by atoms with E-state index in [1.807, 2.05) is 0 Å². The van der Waals surface area contributed by atoms with E-state index in [1.54, 1.807) is 0 Å². The molecule has 0 aromatic rings. The van der Waals surface area contributed by atoms with E-state index in [2.05, 4.69) is 58.7 Å². The molecule has 0 saturated heterocycles. The third kappa shape index (κ3) is 9.45. The number of hydrogen-bond donors (Lipinski definition) is 1. The van der Waals surface area contributed by atoms with Gasteiger partial charge in [0.25, 0.3) is 0 Å². The third-order valence-corrected chi connectivity index (χ3v) is 3.64. The molecular weight excluding hydrogens is 232 g/mol. The smallest absolute Gasteiger partial charge is 0.0223 e. The molecule has 0 amide bonds. The van der Waals surface area contributed by atoms with Crippen LogP contribution in [0, 0.1) is 0 Å². The molecule has 1 unspecified atom stereocenters. The fourth-order valence-corrected chi connectivity index (χ4v) is 2.55. The zero-order valence-electron chi connectivity index (χ0n) is 14.6. The predicted molar refractivity (Wildman–Crippen MR) is 87.8 cm³/mol. The van der Waals surface area contributed by atoms with Crippen molar-refractivity contribution in [3.05, 3.63) is 0 Å². The number of unbranched alkanes of at least 4 members (excludes halogenated alkanes) is 2. The first-order chi connectivity index (χ1) is 8.81. The van der Waals surface area contributed by atoms with Crippen molar-refractivity contribution < 1.29 is 0 Å². The molecule has 0 spiro atoms. The standard InChI is InChI=1S/C17H38N2/c1-8-10-11-13-19(15(3)4)16(12-9-2)14-18-17(5,6)7/h15-16,18H,8-14H2,1-7H3. The lowest BCUT2D eigenvalue weighted by Gasteiger charge is -2.37. The highest BCUT2D eigenvalue weighted by molar-refractivity contribution is 4.80. The lowest BCUT2D eigenvalue weighted by atomic mass is 10.0.